The highest BCUT2D eigenvalue weighted by molar-refractivity contribution is 7.89. The number of aromatic carboxylic acids is 1. The number of H-pyrrole nitrogens is 1. The van der Waals surface area contributed by atoms with Gasteiger partial charge in [-0.1, -0.05) is 0 Å². The summed E-state index contributed by atoms with van der Waals surface area (Å²) in [5.41, 5.74) is -0.451. The van der Waals surface area contributed by atoms with Crippen LogP contribution in [0.3, 0.4) is 0 Å². The SMILES string of the molecule is COCC(CCO)NS(=O)(=O)c1[nH]ncc1C(=O)O. The van der Waals surface area contributed by atoms with Crippen LogP contribution in [0.2, 0.25) is 0 Å². The van der Waals surface area contributed by atoms with Crippen molar-refractivity contribution in [1.29, 1.82) is 0 Å². The molecule has 9 nitrogen and oxygen atoms in total. The standard InChI is InChI=1S/C9H15N3O6S/c1-18-5-6(2-3-13)12-19(16,17)8-7(9(14)15)4-10-11-8/h4,6,12-13H,2-3,5H2,1H3,(H,10,11)(H,14,15). The number of sulfonamides is 1. The number of aromatic nitrogens is 2. The van der Waals surface area contributed by atoms with Crippen LogP contribution in [0.4, 0.5) is 0 Å². The average Bonchev–Trinajstić information content (AvgIpc) is 2.78. The summed E-state index contributed by atoms with van der Waals surface area (Å²) in [6.07, 6.45) is 1.05. The first-order valence-electron chi connectivity index (χ1n) is 5.31. The van der Waals surface area contributed by atoms with Gasteiger partial charge in [-0.2, -0.15) is 5.10 Å². The lowest BCUT2D eigenvalue weighted by atomic mass is 10.2. The highest BCUT2D eigenvalue weighted by Crippen LogP contribution is 2.12. The molecule has 0 aliphatic heterocycles. The number of methoxy groups -OCH3 is 1. The molecule has 1 rings (SSSR count). The van der Waals surface area contributed by atoms with Crippen LogP contribution < -0.4 is 4.72 Å². The molecular formula is C9H15N3O6S. The summed E-state index contributed by atoms with van der Waals surface area (Å²) < 4.78 is 31.1. The Morgan fingerprint density at radius 3 is 2.84 bits per heavy atom. The fraction of sp³-hybridized carbons (Fsp3) is 0.556. The molecule has 0 bridgehead atoms. The molecule has 1 unspecified atom stereocenters. The van der Waals surface area contributed by atoms with Crippen molar-refractivity contribution >= 4 is 16.0 Å². The minimum Gasteiger partial charge on any atom is -0.478 e. The Kier molecular flexibility index (Phi) is 5.42. The Morgan fingerprint density at radius 2 is 2.32 bits per heavy atom. The predicted molar refractivity (Wildman–Crippen MR) is 63.2 cm³/mol. The molecule has 0 aliphatic carbocycles. The molecule has 0 amide bonds. The third kappa shape index (κ3) is 3.99. The molecule has 0 saturated heterocycles. The topological polar surface area (TPSA) is 142 Å². The Hall–Kier alpha value is -1.49. The number of aliphatic hydroxyl groups excluding tert-OH is 1. The molecule has 1 heterocycles. The number of aliphatic hydroxyl groups is 1. The molecule has 1 atom stereocenters. The van der Waals surface area contributed by atoms with Gasteiger partial charge in [0.2, 0.25) is 0 Å². The zero-order valence-corrected chi connectivity index (χ0v) is 11.0. The molecule has 0 aliphatic rings. The van der Waals surface area contributed by atoms with Crippen LogP contribution in [0.25, 0.3) is 0 Å². The fourth-order valence-corrected chi connectivity index (χ4v) is 2.79. The van der Waals surface area contributed by atoms with Gasteiger partial charge in [-0.15, -0.1) is 0 Å². The second-order valence-electron chi connectivity index (χ2n) is 3.70. The second kappa shape index (κ2) is 6.61. The number of carboxylic acid groups (broad SMARTS) is 1. The maximum atomic E-state index is 12.0. The summed E-state index contributed by atoms with van der Waals surface area (Å²) >= 11 is 0. The van der Waals surface area contributed by atoms with E-state index in [4.69, 9.17) is 14.9 Å². The van der Waals surface area contributed by atoms with Crippen molar-refractivity contribution in [3.8, 4) is 0 Å². The van der Waals surface area contributed by atoms with E-state index in [9.17, 15) is 13.2 Å². The van der Waals surface area contributed by atoms with Gasteiger partial charge in [-0.05, 0) is 6.42 Å². The smallest absolute Gasteiger partial charge is 0.340 e. The minimum atomic E-state index is -4.08. The van der Waals surface area contributed by atoms with Crippen LogP contribution in [-0.2, 0) is 14.8 Å². The van der Waals surface area contributed by atoms with E-state index in [1.54, 1.807) is 0 Å². The molecule has 108 valence electrons. The first kappa shape index (κ1) is 15.6. The highest BCUT2D eigenvalue weighted by Gasteiger charge is 2.27. The van der Waals surface area contributed by atoms with Gasteiger partial charge in [-0.3, -0.25) is 5.10 Å². The maximum Gasteiger partial charge on any atom is 0.340 e. The molecule has 10 heteroatoms. The molecule has 0 fully saturated rings. The maximum absolute atomic E-state index is 12.0. The van der Waals surface area contributed by atoms with Crippen molar-refractivity contribution < 1.29 is 28.2 Å². The molecule has 0 radical (unpaired) electrons. The molecule has 1 aromatic rings. The molecule has 0 saturated carbocycles. The largest absolute Gasteiger partial charge is 0.478 e. The number of nitrogens with one attached hydrogen (secondary N) is 2. The van der Waals surface area contributed by atoms with Gasteiger partial charge in [0.25, 0.3) is 10.0 Å². The van der Waals surface area contributed by atoms with Gasteiger partial charge in [0.05, 0.1) is 12.8 Å². The van der Waals surface area contributed by atoms with E-state index >= 15 is 0 Å². The lowest BCUT2D eigenvalue weighted by molar-refractivity contribution is 0.0692. The number of aromatic amines is 1. The second-order valence-corrected chi connectivity index (χ2v) is 5.35. The Balaban J connectivity index is 2.96. The summed E-state index contributed by atoms with van der Waals surface area (Å²) in [5.74, 6) is -1.40. The van der Waals surface area contributed by atoms with Gasteiger partial charge >= 0.3 is 5.97 Å². The van der Waals surface area contributed by atoms with Crippen molar-refractivity contribution in [2.75, 3.05) is 20.3 Å². The number of ether oxygens (including phenoxy) is 1. The quantitative estimate of drug-likeness (QED) is 0.471. The monoisotopic (exact) mass is 293 g/mol. The molecule has 0 spiro atoms. The summed E-state index contributed by atoms with van der Waals surface area (Å²) in [7, 11) is -2.69. The summed E-state index contributed by atoms with van der Waals surface area (Å²) in [4.78, 5) is 10.8. The summed E-state index contributed by atoms with van der Waals surface area (Å²) in [6.45, 7) is -0.179. The molecule has 0 aromatic carbocycles. The van der Waals surface area contributed by atoms with Crippen LogP contribution in [0.5, 0.6) is 0 Å². The molecule has 1 aromatic heterocycles. The Bertz CT molecular complexity index is 520. The van der Waals surface area contributed by atoms with Crippen molar-refractivity contribution in [2.45, 2.75) is 17.5 Å². The zero-order valence-electron chi connectivity index (χ0n) is 10.2. The van der Waals surface area contributed by atoms with E-state index in [2.05, 4.69) is 14.9 Å². The van der Waals surface area contributed by atoms with Crippen molar-refractivity contribution in [1.82, 2.24) is 14.9 Å². The van der Waals surface area contributed by atoms with Crippen LogP contribution >= 0.6 is 0 Å². The lowest BCUT2D eigenvalue weighted by Crippen LogP contribution is -2.39. The first-order chi connectivity index (χ1) is 8.92. The number of hydrogen-bond acceptors (Lipinski definition) is 6. The molecular weight excluding hydrogens is 278 g/mol. The number of nitrogens with zero attached hydrogens (tertiary/aromatic N) is 1. The van der Waals surface area contributed by atoms with Gasteiger partial charge in [0, 0.05) is 19.8 Å². The van der Waals surface area contributed by atoms with Gasteiger partial charge in [0.1, 0.15) is 5.56 Å². The third-order valence-corrected chi connectivity index (χ3v) is 3.76. The van der Waals surface area contributed by atoms with Crippen molar-refractivity contribution in [3.63, 3.8) is 0 Å². The number of carboxylic acids is 1. The number of rotatable bonds is 8. The van der Waals surface area contributed by atoms with Crippen LogP contribution in [0.15, 0.2) is 11.2 Å². The highest BCUT2D eigenvalue weighted by atomic mass is 32.2. The van der Waals surface area contributed by atoms with Gasteiger partial charge in [-0.25, -0.2) is 17.9 Å². The number of hydrogen-bond donors (Lipinski definition) is 4. The molecule has 19 heavy (non-hydrogen) atoms. The van der Waals surface area contributed by atoms with E-state index < -0.39 is 32.6 Å². The van der Waals surface area contributed by atoms with Gasteiger partial charge in [0.15, 0.2) is 5.03 Å². The van der Waals surface area contributed by atoms with E-state index in [1.807, 2.05) is 0 Å². The Morgan fingerprint density at radius 1 is 1.63 bits per heavy atom. The van der Waals surface area contributed by atoms with Crippen molar-refractivity contribution in [3.05, 3.63) is 11.8 Å². The van der Waals surface area contributed by atoms with E-state index in [-0.39, 0.29) is 19.6 Å². The third-order valence-electron chi connectivity index (χ3n) is 2.27. The Labute approximate surface area is 109 Å². The van der Waals surface area contributed by atoms with Crippen LogP contribution in [0, 0.1) is 0 Å². The summed E-state index contributed by atoms with van der Waals surface area (Å²) in [6, 6.07) is -0.662. The first-order valence-corrected chi connectivity index (χ1v) is 6.79. The van der Waals surface area contributed by atoms with Crippen molar-refractivity contribution in [2.24, 2.45) is 0 Å². The van der Waals surface area contributed by atoms with E-state index in [0.29, 0.717) is 0 Å². The van der Waals surface area contributed by atoms with Crippen LogP contribution in [0.1, 0.15) is 16.8 Å². The predicted octanol–water partition coefficient (Wildman–Crippen LogP) is -1.22. The summed E-state index contributed by atoms with van der Waals surface area (Å²) in [5, 5.41) is 22.7. The fourth-order valence-electron chi connectivity index (χ4n) is 1.44. The normalized spacial score (nSPS) is 13.4. The van der Waals surface area contributed by atoms with E-state index in [1.165, 1.54) is 7.11 Å². The number of carbonyl (C=O) groups is 1. The molecule has 4 N–H and O–H groups in total. The minimum absolute atomic E-state index is 0.0519. The van der Waals surface area contributed by atoms with Crippen LogP contribution in [-0.4, -0.2) is 61.2 Å². The van der Waals surface area contributed by atoms with Gasteiger partial charge < -0.3 is 14.9 Å². The zero-order chi connectivity index (χ0) is 14.5. The van der Waals surface area contributed by atoms with E-state index in [0.717, 1.165) is 6.20 Å². The lowest BCUT2D eigenvalue weighted by Gasteiger charge is -2.16. The average molecular weight is 293 g/mol.